The second-order valence-corrected chi connectivity index (χ2v) is 13.0. The molecule has 7 N–H and O–H groups in total. The van der Waals surface area contributed by atoms with Gasteiger partial charge in [-0.05, 0) is 58.2 Å². The van der Waals surface area contributed by atoms with Gasteiger partial charge in [-0.15, -0.1) is 0 Å². The molecule has 3 aliphatic carbocycles. The highest BCUT2D eigenvalue weighted by atomic mass is 19.1. The van der Waals surface area contributed by atoms with Gasteiger partial charge in [-0.2, -0.15) is 0 Å². The fourth-order valence-corrected chi connectivity index (χ4v) is 7.74. The van der Waals surface area contributed by atoms with E-state index in [1.54, 1.807) is 14.1 Å². The quantitative estimate of drug-likeness (QED) is 0.210. The molecule has 1 aromatic carbocycles. The molecular weight excluding hydrogens is 559 g/mol. The van der Waals surface area contributed by atoms with E-state index in [0.717, 1.165) is 19.4 Å². The number of ketones is 2. The summed E-state index contributed by atoms with van der Waals surface area (Å²) in [4.78, 5) is 43.3. The van der Waals surface area contributed by atoms with Crippen molar-refractivity contribution >= 4 is 23.2 Å². The fourth-order valence-electron chi connectivity index (χ4n) is 7.74. The third kappa shape index (κ3) is 4.53. The lowest BCUT2D eigenvalue weighted by molar-refractivity contribution is -0.148. The number of likely N-dealkylation sites (N-methyl/N-ethyl adjacent to an activating group) is 1. The number of aromatic hydroxyl groups is 1. The Morgan fingerprint density at radius 2 is 1.88 bits per heavy atom. The van der Waals surface area contributed by atoms with E-state index in [1.165, 1.54) is 4.90 Å². The van der Waals surface area contributed by atoms with Crippen LogP contribution in [-0.2, 0) is 22.6 Å². The molecule has 0 saturated carbocycles. The highest BCUT2D eigenvalue weighted by Gasteiger charge is 2.63. The van der Waals surface area contributed by atoms with Gasteiger partial charge in [0.2, 0.25) is 5.78 Å². The van der Waals surface area contributed by atoms with Crippen molar-refractivity contribution in [2.75, 3.05) is 32.5 Å². The van der Waals surface area contributed by atoms with Crippen molar-refractivity contribution in [3.63, 3.8) is 0 Å². The van der Waals surface area contributed by atoms with Crippen molar-refractivity contribution in [1.82, 2.24) is 9.80 Å². The van der Waals surface area contributed by atoms with Gasteiger partial charge in [0.05, 0.1) is 17.3 Å². The Morgan fingerprint density at radius 1 is 1.21 bits per heavy atom. The highest BCUT2D eigenvalue weighted by Crippen LogP contribution is 2.53. The zero-order valence-electron chi connectivity index (χ0n) is 25.2. The van der Waals surface area contributed by atoms with Gasteiger partial charge in [-0.3, -0.25) is 24.2 Å². The number of hydrogen-bond acceptors (Lipinski definition) is 10. The minimum atomic E-state index is -2.74. The van der Waals surface area contributed by atoms with Crippen LogP contribution < -0.4 is 11.1 Å². The number of phenolic OH excluding ortho intramolecular Hbond substituents is 1. The van der Waals surface area contributed by atoms with E-state index in [-0.39, 0.29) is 53.4 Å². The molecule has 1 heterocycles. The van der Waals surface area contributed by atoms with Gasteiger partial charge in [0.25, 0.3) is 5.91 Å². The van der Waals surface area contributed by atoms with Crippen LogP contribution in [0.5, 0.6) is 5.75 Å². The number of allylic oxidation sites excluding steroid dienone is 1. The summed E-state index contributed by atoms with van der Waals surface area (Å²) in [5.74, 6) is -7.81. The summed E-state index contributed by atoms with van der Waals surface area (Å²) in [6.07, 6.45) is 1.51. The number of fused-ring (bicyclic) bond motifs is 4. The number of Topliss-reactive ketones (excluding diaryl/α,β-unsaturated/α-hetero) is 2. The Labute approximate surface area is 249 Å². The standard InChI is InChI=1S/C31H41FN4O7/c1-6-7-36-12-17-22(32)16-9-14-10-18-24(35(4)5)27(39)21(30(33)42)29(41)31(18,43)28(40)19(14)25(37)20(16)26(38)23(17)34-11-15(36)8-13(2)3/h13-15,18,24,34,38-40,43H,6-12H2,1-5H3,(H2,33,42)/t14-,15+,18-,24-,31-/m0/s1. The Bertz CT molecular complexity index is 1470. The summed E-state index contributed by atoms with van der Waals surface area (Å²) >= 11 is 0. The van der Waals surface area contributed by atoms with Crippen LogP contribution in [0.25, 0.3) is 0 Å². The summed E-state index contributed by atoms with van der Waals surface area (Å²) in [7, 11) is 3.11. The van der Waals surface area contributed by atoms with E-state index in [0.29, 0.717) is 12.5 Å². The molecule has 12 heteroatoms. The van der Waals surface area contributed by atoms with Crippen LogP contribution in [0, 0.1) is 23.6 Å². The van der Waals surface area contributed by atoms with Crippen LogP contribution in [-0.4, -0.2) is 92.6 Å². The third-order valence-electron chi connectivity index (χ3n) is 9.57. The predicted molar refractivity (Wildman–Crippen MR) is 156 cm³/mol. The number of phenols is 1. The Balaban J connectivity index is 1.66. The maximum atomic E-state index is 16.5. The number of anilines is 1. The number of carbonyl (C=O) groups is 3. The van der Waals surface area contributed by atoms with Crippen molar-refractivity contribution in [1.29, 1.82) is 0 Å². The number of nitrogens with two attached hydrogens (primary N) is 1. The number of hydrogen-bond donors (Lipinski definition) is 6. The number of carbonyl (C=O) groups excluding carboxylic acids is 3. The first-order valence-electron chi connectivity index (χ1n) is 14.8. The first-order chi connectivity index (χ1) is 20.2. The molecular formula is C31H41FN4O7. The van der Waals surface area contributed by atoms with Gasteiger partial charge in [-0.25, -0.2) is 4.39 Å². The number of primary amides is 1. The van der Waals surface area contributed by atoms with E-state index in [1.807, 2.05) is 6.92 Å². The number of aliphatic hydroxyl groups excluding tert-OH is 2. The first-order valence-corrected chi connectivity index (χ1v) is 14.8. The van der Waals surface area contributed by atoms with E-state index < -0.39 is 69.6 Å². The summed E-state index contributed by atoms with van der Waals surface area (Å²) < 4.78 is 16.5. The lowest BCUT2D eigenvalue weighted by Gasteiger charge is -2.50. The third-order valence-corrected chi connectivity index (χ3v) is 9.57. The van der Waals surface area contributed by atoms with Gasteiger partial charge in [0.15, 0.2) is 17.1 Å². The van der Waals surface area contributed by atoms with E-state index in [9.17, 15) is 34.8 Å². The number of nitrogens with one attached hydrogen (secondary N) is 1. The molecule has 0 aromatic heterocycles. The van der Waals surface area contributed by atoms with Gasteiger partial charge in [-0.1, -0.05) is 20.8 Å². The molecule has 0 bridgehead atoms. The molecule has 0 radical (unpaired) electrons. The van der Waals surface area contributed by atoms with E-state index >= 15 is 4.39 Å². The van der Waals surface area contributed by atoms with Crippen molar-refractivity contribution < 1.29 is 39.2 Å². The first kappa shape index (κ1) is 31.0. The second-order valence-electron chi connectivity index (χ2n) is 13.0. The Kier molecular flexibility index (Phi) is 7.85. The molecule has 0 fully saturated rings. The van der Waals surface area contributed by atoms with Gasteiger partial charge >= 0.3 is 0 Å². The van der Waals surface area contributed by atoms with Crippen molar-refractivity contribution in [2.24, 2.45) is 23.5 Å². The molecule has 1 amide bonds. The monoisotopic (exact) mass is 600 g/mol. The Morgan fingerprint density at radius 3 is 2.47 bits per heavy atom. The van der Waals surface area contributed by atoms with Crippen LogP contribution >= 0.6 is 0 Å². The molecule has 5 atom stereocenters. The van der Waals surface area contributed by atoms with E-state index in [4.69, 9.17) is 5.73 Å². The maximum Gasteiger partial charge on any atom is 0.255 e. The maximum absolute atomic E-state index is 16.5. The molecule has 11 nitrogen and oxygen atoms in total. The molecule has 0 saturated heterocycles. The number of rotatable bonds is 6. The SMILES string of the molecule is CCCN1Cc2c(F)c3c(c(O)c2NC[C@H]1CC(C)C)C(=O)C1=C(O)[C@]2(O)C(=O)C(C(N)=O)=C(O)[C@@H](N(C)C)[C@@H]2C[C@@H]1C3. The largest absolute Gasteiger partial charge is 0.510 e. The molecule has 234 valence electrons. The summed E-state index contributed by atoms with van der Waals surface area (Å²) in [6, 6.07) is -1.04. The Hall–Kier alpha value is -3.48. The highest BCUT2D eigenvalue weighted by molar-refractivity contribution is 6.24. The molecule has 1 aromatic rings. The molecule has 0 spiro atoms. The minimum Gasteiger partial charge on any atom is -0.510 e. The average Bonchev–Trinajstić information content (AvgIpc) is 3.08. The number of nitrogens with zero attached hydrogens (tertiary/aromatic N) is 2. The fraction of sp³-hybridized carbons (Fsp3) is 0.581. The van der Waals surface area contributed by atoms with Gasteiger partial charge in [0, 0.05) is 41.7 Å². The van der Waals surface area contributed by atoms with Crippen LogP contribution in [0.1, 0.15) is 61.5 Å². The van der Waals surface area contributed by atoms with Gasteiger partial charge in [0.1, 0.15) is 22.9 Å². The zero-order valence-corrected chi connectivity index (χ0v) is 25.2. The minimum absolute atomic E-state index is 0.00919. The normalized spacial score (nSPS) is 29.2. The molecule has 43 heavy (non-hydrogen) atoms. The predicted octanol–water partition coefficient (Wildman–Crippen LogP) is 2.31. The van der Waals surface area contributed by atoms with E-state index in [2.05, 4.69) is 24.1 Å². The summed E-state index contributed by atoms with van der Waals surface area (Å²) in [5, 5.41) is 48.8. The zero-order chi connectivity index (χ0) is 31.7. The van der Waals surface area contributed by atoms with Crippen LogP contribution in [0.3, 0.4) is 0 Å². The number of halogens is 1. The summed E-state index contributed by atoms with van der Waals surface area (Å²) in [6.45, 7) is 7.65. The smallest absolute Gasteiger partial charge is 0.255 e. The van der Waals surface area contributed by atoms with Crippen molar-refractivity contribution in [2.45, 2.75) is 70.7 Å². The topological polar surface area (TPSA) is 177 Å². The van der Waals surface area contributed by atoms with Crippen LogP contribution in [0.2, 0.25) is 0 Å². The molecule has 4 aliphatic rings. The van der Waals surface area contributed by atoms with Gasteiger partial charge < -0.3 is 31.5 Å². The number of benzene rings is 1. The average molecular weight is 601 g/mol. The lowest BCUT2D eigenvalue weighted by atomic mass is 9.58. The van der Waals surface area contributed by atoms with Crippen LogP contribution in [0.4, 0.5) is 10.1 Å². The van der Waals surface area contributed by atoms with Crippen LogP contribution in [0.15, 0.2) is 22.7 Å². The van der Waals surface area contributed by atoms with Crippen molar-refractivity contribution in [3.05, 3.63) is 45.2 Å². The second kappa shape index (κ2) is 10.9. The lowest BCUT2D eigenvalue weighted by Crippen LogP contribution is -2.63. The van der Waals surface area contributed by atoms with Crippen molar-refractivity contribution in [3.8, 4) is 5.75 Å². The summed E-state index contributed by atoms with van der Waals surface area (Å²) in [5.41, 5.74) is 1.52. The molecule has 0 unspecified atom stereocenters. The number of aliphatic hydroxyl groups is 3. The molecule has 5 rings (SSSR count). The number of amides is 1. The molecule has 1 aliphatic heterocycles.